The van der Waals surface area contributed by atoms with Gasteiger partial charge < -0.3 is 30.5 Å². The Morgan fingerprint density at radius 3 is 2.18 bits per heavy atom. The number of unbranched alkanes of at least 4 members (excludes halogenated alkanes) is 1. The number of esters is 1. The average Bonchev–Trinajstić information content (AvgIpc) is 2.59. The van der Waals surface area contributed by atoms with Gasteiger partial charge in [0.25, 0.3) is 0 Å². The minimum Gasteiger partial charge on any atom is -0.460 e. The molecule has 0 aromatic rings. The van der Waals surface area contributed by atoms with Crippen LogP contribution in [-0.4, -0.2) is 75.8 Å². The third-order valence-corrected chi connectivity index (χ3v) is 4.19. The summed E-state index contributed by atoms with van der Waals surface area (Å²) >= 11 is 0. The fourth-order valence-electron chi connectivity index (χ4n) is 2.75. The van der Waals surface area contributed by atoms with Crippen LogP contribution < -0.4 is 5.32 Å². The maximum absolute atomic E-state index is 12.3. The standard InChI is InChI=1S/C20H39NO7/c1-13(2)10-14(19(27)28-20(3,4)5)8-6-7-9-21-11-15(23)17(25)18(26)16(24)12-22/h13-14,16-18,21-22,24-26H,6-12H2,1-5H3. The highest BCUT2D eigenvalue weighted by Gasteiger charge is 2.29. The number of carbonyl (C=O) groups excluding carboxylic acids is 2. The molecule has 0 spiro atoms. The van der Waals surface area contributed by atoms with Crippen LogP contribution in [0.15, 0.2) is 0 Å². The first-order valence-electron chi connectivity index (χ1n) is 10.00. The van der Waals surface area contributed by atoms with Gasteiger partial charge in [-0.3, -0.25) is 9.59 Å². The Bertz CT molecular complexity index is 462. The van der Waals surface area contributed by atoms with Gasteiger partial charge in [-0.2, -0.15) is 0 Å². The molecule has 0 bridgehead atoms. The van der Waals surface area contributed by atoms with Crippen LogP contribution in [0.5, 0.6) is 0 Å². The Morgan fingerprint density at radius 2 is 1.68 bits per heavy atom. The fraction of sp³-hybridized carbons (Fsp3) is 0.900. The zero-order valence-corrected chi connectivity index (χ0v) is 17.9. The van der Waals surface area contributed by atoms with E-state index in [1.165, 1.54) is 0 Å². The van der Waals surface area contributed by atoms with Gasteiger partial charge in [-0.05, 0) is 52.5 Å². The number of hydrogen-bond donors (Lipinski definition) is 5. The summed E-state index contributed by atoms with van der Waals surface area (Å²) in [5.41, 5.74) is -0.511. The largest absolute Gasteiger partial charge is 0.460 e. The molecule has 28 heavy (non-hydrogen) atoms. The van der Waals surface area contributed by atoms with Gasteiger partial charge in [-0.1, -0.05) is 20.3 Å². The van der Waals surface area contributed by atoms with Gasteiger partial charge in [0.2, 0.25) is 0 Å². The molecule has 5 N–H and O–H groups in total. The normalized spacial score (nSPS) is 16.5. The molecule has 8 nitrogen and oxygen atoms in total. The van der Waals surface area contributed by atoms with E-state index < -0.39 is 36.3 Å². The third-order valence-electron chi connectivity index (χ3n) is 4.19. The summed E-state index contributed by atoms with van der Waals surface area (Å²) in [5, 5.41) is 40.0. The second-order valence-electron chi connectivity index (χ2n) is 8.68. The maximum Gasteiger partial charge on any atom is 0.309 e. The minimum atomic E-state index is -1.75. The molecule has 0 heterocycles. The number of Topliss-reactive ketones (excluding diaryl/α,β-unsaturated/α-hetero) is 1. The van der Waals surface area contributed by atoms with Crippen LogP contribution in [0.3, 0.4) is 0 Å². The zero-order chi connectivity index (χ0) is 21.9. The van der Waals surface area contributed by atoms with Crippen molar-refractivity contribution in [3.8, 4) is 0 Å². The van der Waals surface area contributed by atoms with Gasteiger partial charge >= 0.3 is 5.97 Å². The van der Waals surface area contributed by atoms with Crippen molar-refractivity contribution in [3.05, 3.63) is 0 Å². The molecule has 0 amide bonds. The van der Waals surface area contributed by atoms with E-state index in [1.54, 1.807) is 0 Å². The SMILES string of the molecule is CC(C)CC(CCCCNCC(=O)C(O)C(O)C(O)CO)C(=O)OC(C)(C)C. The number of ether oxygens (including phenoxy) is 1. The van der Waals surface area contributed by atoms with Gasteiger partial charge in [0.1, 0.15) is 23.9 Å². The summed E-state index contributed by atoms with van der Waals surface area (Å²) in [7, 11) is 0. The lowest BCUT2D eigenvalue weighted by molar-refractivity contribution is -0.160. The number of carbonyl (C=O) groups is 2. The number of ketones is 1. The minimum absolute atomic E-state index is 0.155. The highest BCUT2D eigenvalue weighted by Crippen LogP contribution is 2.22. The van der Waals surface area contributed by atoms with Crippen molar-refractivity contribution in [2.24, 2.45) is 11.8 Å². The van der Waals surface area contributed by atoms with Crippen molar-refractivity contribution >= 4 is 11.8 Å². The van der Waals surface area contributed by atoms with E-state index in [9.17, 15) is 24.9 Å². The first-order valence-corrected chi connectivity index (χ1v) is 10.00. The molecule has 166 valence electrons. The molecule has 0 aromatic heterocycles. The van der Waals surface area contributed by atoms with E-state index in [0.717, 1.165) is 19.3 Å². The van der Waals surface area contributed by atoms with Crippen molar-refractivity contribution in [2.45, 2.75) is 84.2 Å². The molecule has 4 unspecified atom stereocenters. The van der Waals surface area contributed by atoms with Gasteiger partial charge in [-0.15, -0.1) is 0 Å². The van der Waals surface area contributed by atoms with Crippen LogP contribution in [0.2, 0.25) is 0 Å². The Morgan fingerprint density at radius 1 is 1.07 bits per heavy atom. The summed E-state index contributed by atoms with van der Waals surface area (Å²) in [6.07, 6.45) is -2.05. The van der Waals surface area contributed by atoms with Gasteiger partial charge in [0.15, 0.2) is 5.78 Å². The van der Waals surface area contributed by atoms with Crippen molar-refractivity contribution in [2.75, 3.05) is 19.7 Å². The lowest BCUT2D eigenvalue weighted by Crippen LogP contribution is -2.46. The Hall–Kier alpha value is -1.06. The van der Waals surface area contributed by atoms with E-state index >= 15 is 0 Å². The Balaban J connectivity index is 4.23. The third kappa shape index (κ3) is 11.7. The first-order chi connectivity index (χ1) is 12.9. The van der Waals surface area contributed by atoms with E-state index in [0.29, 0.717) is 18.9 Å². The van der Waals surface area contributed by atoms with E-state index in [2.05, 4.69) is 19.2 Å². The van der Waals surface area contributed by atoms with Gasteiger partial charge in [0, 0.05) is 0 Å². The number of hydrogen-bond acceptors (Lipinski definition) is 8. The highest BCUT2D eigenvalue weighted by molar-refractivity contribution is 5.85. The lowest BCUT2D eigenvalue weighted by atomic mass is 9.92. The molecular formula is C20H39NO7. The molecule has 0 aliphatic carbocycles. The predicted molar refractivity (Wildman–Crippen MR) is 106 cm³/mol. The van der Waals surface area contributed by atoms with Crippen molar-refractivity contribution < 1.29 is 34.8 Å². The molecule has 0 saturated heterocycles. The van der Waals surface area contributed by atoms with E-state index in [-0.39, 0.29) is 18.4 Å². The van der Waals surface area contributed by atoms with Crippen LogP contribution in [0.4, 0.5) is 0 Å². The summed E-state index contributed by atoms with van der Waals surface area (Å²) in [6.45, 7) is 9.30. The number of aliphatic hydroxyl groups is 4. The van der Waals surface area contributed by atoms with Crippen LogP contribution >= 0.6 is 0 Å². The molecule has 0 aliphatic heterocycles. The summed E-state index contributed by atoms with van der Waals surface area (Å²) in [6, 6.07) is 0. The zero-order valence-electron chi connectivity index (χ0n) is 17.9. The Kier molecular flexibility index (Phi) is 12.7. The number of aliphatic hydroxyl groups excluding tert-OH is 4. The fourth-order valence-corrected chi connectivity index (χ4v) is 2.75. The molecule has 0 rings (SSSR count). The summed E-state index contributed by atoms with van der Waals surface area (Å²) < 4.78 is 5.50. The average molecular weight is 406 g/mol. The van der Waals surface area contributed by atoms with Crippen molar-refractivity contribution in [1.29, 1.82) is 0 Å². The molecule has 0 radical (unpaired) electrons. The van der Waals surface area contributed by atoms with Crippen LogP contribution in [-0.2, 0) is 14.3 Å². The monoisotopic (exact) mass is 405 g/mol. The first kappa shape index (κ1) is 26.9. The van der Waals surface area contributed by atoms with E-state index in [1.807, 2.05) is 20.8 Å². The Labute approximate surface area is 168 Å². The van der Waals surface area contributed by atoms with Gasteiger partial charge in [0.05, 0.1) is 19.1 Å². The molecule has 0 aromatic carbocycles. The topological polar surface area (TPSA) is 136 Å². The molecular weight excluding hydrogens is 366 g/mol. The molecule has 0 saturated carbocycles. The number of nitrogens with one attached hydrogen (secondary N) is 1. The van der Waals surface area contributed by atoms with Crippen LogP contribution in [0.1, 0.15) is 60.3 Å². The molecule has 8 heteroatoms. The second-order valence-corrected chi connectivity index (χ2v) is 8.68. The van der Waals surface area contributed by atoms with Gasteiger partial charge in [-0.25, -0.2) is 0 Å². The van der Waals surface area contributed by atoms with Crippen LogP contribution in [0.25, 0.3) is 0 Å². The molecule has 0 aliphatic rings. The molecule has 4 atom stereocenters. The summed E-state index contributed by atoms with van der Waals surface area (Å²) in [4.78, 5) is 24.1. The smallest absolute Gasteiger partial charge is 0.309 e. The second kappa shape index (κ2) is 13.2. The molecule has 0 fully saturated rings. The quantitative estimate of drug-likeness (QED) is 0.207. The van der Waals surface area contributed by atoms with Crippen LogP contribution in [0, 0.1) is 11.8 Å². The van der Waals surface area contributed by atoms with Crippen molar-refractivity contribution in [3.63, 3.8) is 0 Å². The maximum atomic E-state index is 12.3. The van der Waals surface area contributed by atoms with Crippen molar-refractivity contribution in [1.82, 2.24) is 5.32 Å². The summed E-state index contributed by atoms with van der Waals surface area (Å²) in [5.74, 6) is -0.608. The van der Waals surface area contributed by atoms with E-state index in [4.69, 9.17) is 9.84 Å². The predicted octanol–water partition coefficient (Wildman–Crippen LogP) is 0.394. The highest BCUT2D eigenvalue weighted by atomic mass is 16.6. The lowest BCUT2D eigenvalue weighted by Gasteiger charge is -2.25. The number of rotatable bonds is 14.